The van der Waals surface area contributed by atoms with Gasteiger partial charge in [-0.1, -0.05) is 23.9 Å². The molecule has 0 bridgehead atoms. The van der Waals surface area contributed by atoms with E-state index in [1.165, 1.54) is 0 Å². The highest BCUT2D eigenvalue weighted by Crippen LogP contribution is 2.35. The van der Waals surface area contributed by atoms with Gasteiger partial charge in [0, 0.05) is 15.6 Å². The van der Waals surface area contributed by atoms with Crippen LogP contribution in [0.15, 0.2) is 55.7 Å². The predicted octanol–water partition coefficient (Wildman–Crippen LogP) is 4.15. The molecule has 0 N–H and O–H groups in total. The molecule has 2 rings (SSSR count). The van der Waals surface area contributed by atoms with Gasteiger partial charge in [-0.3, -0.25) is 0 Å². The van der Waals surface area contributed by atoms with E-state index in [1.807, 2.05) is 24.3 Å². The molecule has 2 aromatic rings. The average molecular weight is 346 g/mol. The second kappa shape index (κ2) is 5.09. The van der Waals surface area contributed by atoms with Crippen molar-refractivity contribution >= 4 is 43.6 Å². The first-order chi connectivity index (χ1) is 7.27. The molecule has 0 spiro atoms. The fourth-order valence-electron chi connectivity index (χ4n) is 1.01. The third kappa shape index (κ3) is 2.80. The molecule has 1 heterocycles. The number of aromatic nitrogens is 2. The van der Waals surface area contributed by atoms with E-state index in [-0.39, 0.29) is 0 Å². The van der Waals surface area contributed by atoms with Gasteiger partial charge < -0.3 is 0 Å². The van der Waals surface area contributed by atoms with Crippen LogP contribution in [0.3, 0.4) is 0 Å². The summed E-state index contributed by atoms with van der Waals surface area (Å²) >= 11 is 8.51. The second-order valence-electron chi connectivity index (χ2n) is 2.71. The number of rotatable bonds is 2. The number of hydrogen-bond acceptors (Lipinski definition) is 3. The number of nitrogens with zero attached hydrogens (tertiary/aromatic N) is 2. The van der Waals surface area contributed by atoms with Gasteiger partial charge in [-0.25, -0.2) is 9.97 Å². The van der Waals surface area contributed by atoms with Gasteiger partial charge >= 0.3 is 0 Å². The Bertz CT molecular complexity index is 433. The SMILES string of the molecule is Brc1ccccc1Sc1ncncc1Br. The lowest BCUT2D eigenvalue weighted by molar-refractivity contribution is 1.02. The average Bonchev–Trinajstić information content (AvgIpc) is 2.24. The topological polar surface area (TPSA) is 25.8 Å². The van der Waals surface area contributed by atoms with Gasteiger partial charge in [0.1, 0.15) is 11.4 Å². The lowest BCUT2D eigenvalue weighted by atomic mass is 10.4. The van der Waals surface area contributed by atoms with Crippen LogP contribution in [-0.4, -0.2) is 9.97 Å². The zero-order valence-electron chi connectivity index (χ0n) is 7.52. The Labute approximate surface area is 109 Å². The summed E-state index contributed by atoms with van der Waals surface area (Å²) in [4.78, 5) is 9.26. The fraction of sp³-hybridized carbons (Fsp3) is 0. The highest BCUT2D eigenvalue weighted by atomic mass is 79.9. The predicted molar refractivity (Wildman–Crippen MR) is 68.0 cm³/mol. The van der Waals surface area contributed by atoms with Crippen LogP contribution in [0, 0.1) is 0 Å². The van der Waals surface area contributed by atoms with E-state index in [9.17, 15) is 0 Å². The van der Waals surface area contributed by atoms with Crippen molar-refractivity contribution in [2.45, 2.75) is 9.92 Å². The van der Waals surface area contributed by atoms with E-state index in [1.54, 1.807) is 24.3 Å². The van der Waals surface area contributed by atoms with Crippen molar-refractivity contribution in [3.63, 3.8) is 0 Å². The van der Waals surface area contributed by atoms with Crippen molar-refractivity contribution in [3.05, 3.63) is 45.7 Å². The maximum Gasteiger partial charge on any atom is 0.118 e. The molecule has 0 unspecified atom stereocenters. The normalized spacial score (nSPS) is 10.3. The van der Waals surface area contributed by atoms with E-state index in [0.29, 0.717) is 0 Å². The van der Waals surface area contributed by atoms with Crippen molar-refractivity contribution in [2.24, 2.45) is 0 Å². The summed E-state index contributed by atoms with van der Waals surface area (Å²) in [6.45, 7) is 0. The molecular formula is C10H6Br2N2S. The van der Waals surface area contributed by atoms with Crippen LogP contribution in [0.25, 0.3) is 0 Å². The Morgan fingerprint density at radius 1 is 1.07 bits per heavy atom. The van der Waals surface area contributed by atoms with Gasteiger partial charge in [-0.15, -0.1) is 0 Å². The Hall–Kier alpha value is -0.390. The Balaban J connectivity index is 2.30. The quantitative estimate of drug-likeness (QED) is 0.764. The second-order valence-corrected chi connectivity index (χ2v) is 5.45. The minimum absolute atomic E-state index is 0.908. The van der Waals surface area contributed by atoms with E-state index in [0.717, 1.165) is 18.9 Å². The lowest BCUT2D eigenvalue weighted by Gasteiger charge is -2.03. The van der Waals surface area contributed by atoms with Crippen LogP contribution in [0.1, 0.15) is 0 Å². The summed E-state index contributed by atoms with van der Waals surface area (Å²) in [5.74, 6) is 0. The standard InChI is InChI=1S/C10H6Br2N2S/c11-7-3-1-2-4-9(7)15-10-8(12)5-13-6-14-10/h1-6H. The Morgan fingerprint density at radius 3 is 2.60 bits per heavy atom. The number of benzene rings is 1. The van der Waals surface area contributed by atoms with Gasteiger partial charge in [0.05, 0.1) is 4.47 Å². The third-order valence-electron chi connectivity index (χ3n) is 1.68. The highest BCUT2D eigenvalue weighted by Gasteiger charge is 2.05. The van der Waals surface area contributed by atoms with Gasteiger partial charge in [0.2, 0.25) is 0 Å². The number of halogens is 2. The molecule has 1 aromatic carbocycles. The van der Waals surface area contributed by atoms with E-state index < -0.39 is 0 Å². The van der Waals surface area contributed by atoms with Gasteiger partial charge in [0.25, 0.3) is 0 Å². The fourth-order valence-corrected chi connectivity index (χ4v) is 2.77. The van der Waals surface area contributed by atoms with Crippen molar-refractivity contribution in [1.82, 2.24) is 9.97 Å². The van der Waals surface area contributed by atoms with Crippen molar-refractivity contribution in [3.8, 4) is 0 Å². The molecule has 0 radical (unpaired) electrons. The van der Waals surface area contributed by atoms with Crippen LogP contribution < -0.4 is 0 Å². The monoisotopic (exact) mass is 344 g/mol. The third-order valence-corrected chi connectivity index (χ3v) is 4.57. The molecule has 0 fully saturated rings. The molecule has 5 heteroatoms. The van der Waals surface area contributed by atoms with Crippen LogP contribution in [-0.2, 0) is 0 Å². The molecule has 76 valence electrons. The van der Waals surface area contributed by atoms with E-state index in [2.05, 4.69) is 41.8 Å². The summed E-state index contributed by atoms with van der Waals surface area (Å²) in [6, 6.07) is 8.05. The minimum atomic E-state index is 0.908. The largest absolute Gasteiger partial charge is 0.244 e. The first-order valence-corrected chi connectivity index (χ1v) is 6.55. The Morgan fingerprint density at radius 2 is 1.87 bits per heavy atom. The van der Waals surface area contributed by atoms with Crippen LogP contribution >= 0.6 is 43.6 Å². The zero-order chi connectivity index (χ0) is 10.7. The van der Waals surface area contributed by atoms with Crippen LogP contribution in [0.5, 0.6) is 0 Å². The molecule has 0 aliphatic carbocycles. The number of hydrogen-bond donors (Lipinski definition) is 0. The Kier molecular flexibility index (Phi) is 3.77. The molecule has 1 aromatic heterocycles. The molecule has 0 aliphatic rings. The smallest absolute Gasteiger partial charge is 0.118 e. The minimum Gasteiger partial charge on any atom is -0.244 e. The maximum absolute atomic E-state index is 4.20. The molecule has 2 nitrogen and oxygen atoms in total. The van der Waals surface area contributed by atoms with Crippen LogP contribution in [0.4, 0.5) is 0 Å². The highest BCUT2D eigenvalue weighted by molar-refractivity contribution is 9.11. The molecule has 0 saturated heterocycles. The molecular weight excluding hydrogens is 340 g/mol. The molecule has 0 atom stereocenters. The summed E-state index contributed by atoms with van der Waals surface area (Å²) in [5, 5.41) is 0.914. The first-order valence-electron chi connectivity index (χ1n) is 4.15. The molecule has 0 aliphatic heterocycles. The van der Waals surface area contributed by atoms with E-state index in [4.69, 9.17) is 0 Å². The van der Waals surface area contributed by atoms with E-state index >= 15 is 0 Å². The summed E-state index contributed by atoms with van der Waals surface area (Å²) in [6.07, 6.45) is 3.29. The maximum atomic E-state index is 4.20. The summed E-state index contributed by atoms with van der Waals surface area (Å²) in [7, 11) is 0. The van der Waals surface area contributed by atoms with Gasteiger partial charge in [-0.05, 0) is 44.0 Å². The first kappa shape index (κ1) is 11.1. The van der Waals surface area contributed by atoms with Crippen LogP contribution in [0.2, 0.25) is 0 Å². The zero-order valence-corrected chi connectivity index (χ0v) is 11.5. The lowest BCUT2D eigenvalue weighted by Crippen LogP contribution is -1.84. The molecule has 0 amide bonds. The van der Waals surface area contributed by atoms with Crippen molar-refractivity contribution in [2.75, 3.05) is 0 Å². The summed E-state index contributed by atoms with van der Waals surface area (Å²) < 4.78 is 1.98. The van der Waals surface area contributed by atoms with Gasteiger partial charge in [-0.2, -0.15) is 0 Å². The van der Waals surface area contributed by atoms with Crippen molar-refractivity contribution < 1.29 is 0 Å². The summed E-state index contributed by atoms with van der Waals surface area (Å²) in [5.41, 5.74) is 0. The molecule has 15 heavy (non-hydrogen) atoms. The van der Waals surface area contributed by atoms with Crippen molar-refractivity contribution in [1.29, 1.82) is 0 Å². The van der Waals surface area contributed by atoms with Gasteiger partial charge in [0.15, 0.2) is 0 Å². The molecule has 0 saturated carbocycles.